The van der Waals surface area contributed by atoms with Gasteiger partial charge in [0.25, 0.3) is 5.91 Å². The Morgan fingerprint density at radius 2 is 2.24 bits per heavy atom. The van der Waals surface area contributed by atoms with E-state index in [2.05, 4.69) is 40.1 Å². The Labute approximate surface area is 151 Å². The SMILES string of the molecule is CCn1nc(C(=O)N[C@@H]2CCCc3ccccc32)cc1-c1ccsc1. The fourth-order valence-electron chi connectivity index (χ4n) is 3.55. The van der Waals surface area contributed by atoms with Crippen LogP contribution in [0.25, 0.3) is 11.3 Å². The predicted molar refractivity (Wildman–Crippen MR) is 101 cm³/mol. The van der Waals surface area contributed by atoms with E-state index in [0.29, 0.717) is 5.69 Å². The summed E-state index contributed by atoms with van der Waals surface area (Å²) >= 11 is 1.65. The lowest BCUT2D eigenvalue weighted by Crippen LogP contribution is -2.31. The number of aryl methyl sites for hydroxylation is 2. The summed E-state index contributed by atoms with van der Waals surface area (Å²) in [4.78, 5) is 12.8. The van der Waals surface area contributed by atoms with Gasteiger partial charge in [-0.15, -0.1) is 0 Å². The van der Waals surface area contributed by atoms with E-state index in [4.69, 9.17) is 0 Å². The van der Waals surface area contributed by atoms with Gasteiger partial charge in [-0.3, -0.25) is 9.48 Å². The third-order valence-electron chi connectivity index (χ3n) is 4.80. The molecule has 25 heavy (non-hydrogen) atoms. The zero-order chi connectivity index (χ0) is 17.2. The maximum atomic E-state index is 12.8. The van der Waals surface area contributed by atoms with Gasteiger partial charge in [0.1, 0.15) is 0 Å². The molecule has 4 nitrogen and oxygen atoms in total. The molecule has 1 atom stereocenters. The molecule has 5 heteroatoms. The predicted octanol–water partition coefficient (Wildman–Crippen LogP) is 4.44. The van der Waals surface area contributed by atoms with Gasteiger partial charge < -0.3 is 5.32 Å². The summed E-state index contributed by atoms with van der Waals surface area (Å²) in [6, 6.07) is 12.4. The number of fused-ring (bicyclic) bond motifs is 1. The van der Waals surface area contributed by atoms with E-state index in [-0.39, 0.29) is 11.9 Å². The lowest BCUT2D eigenvalue weighted by atomic mass is 9.87. The van der Waals surface area contributed by atoms with Crippen molar-refractivity contribution < 1.29 is 4.79 Å². The molecule has 0 saturated heterocycles. The fourth-order valence-corrected chi connectivity index (χ4v) is 4.20. The molecule has 0 bridgehead atoms. The van der Waals surface area contributed by atoms with E-state index < -0.39 is 0 Å². The van der Waals surface area contributed by atoms with Crippen LogP contribution in [0, 0.1) is 0 Å². The second kappa shape index (κ2) is 6.84. The van der Waals surface area contributed by atoms with Crippen LogP contribution in [-0.4, -0.2) is 15.7 Å². The first-order valence-corrected chi connectivity index (χ1v) is 9.69. The summed E-state index contributed by atoms with van der Waals surface area (Å²) in [6.07, 6.45) is 3.18. The summed E-state index contributed by atoms with van der Waals surface area (Å²) in [7, 11) is 0. The Balaban J connectivity index is 1.58. The third-order valence-corrected chi connectivity index (χ3v) is 5.49. The highest BCUT2D eigenvalue weighted by Crippen LogP contribution is 2.30. The van der Waals surface area contributed by atoms with Gasteiger partial charge in [-0.1, -0.05) is 24.3 Å². The van der Waals surface area contributed by atoms with Crippen molar-refractivity contribution in [2.75, 3.05) is 0 Å². The summed E-state index contributed by atoms with van der Waals surface area (Å²) in [5.41, 5.74) is 5.19. The second-order valence-corrected chi connectivity index (χ2v) is 7.14. The van der Waals surface area contributed by atoms with Gasteiger partial charge in [0.2, 0.25) is 0 Å². The lowest BCUT2D eigenvalue weighted by molar-refractivity contribution is 0.0927. The summed E-state index contributed by atoms with van der Waals surface area (Å²) in [5, 5.41) is 11.8. The minimum Gasteiger partial charge on any atom is -0.344 e. The van der Waals surface area contributed by atoms with E-state index in [1.54, 1.807) is 11.3 Å². The average Bonchev–Trinajstić information content (AvgIpc) is 3.31. The Kier molecular flexibility index (Phi) is 4.40. The van der Waals surface area contributed by atoms with Gasteiger partial charge in [0.15, 0.2) is 5.69 Å². The average molecular weight is 351 g/mol. The molecule has 0 radical (unpaired) electrons. The summed E-state index contributed by atoms with van der Waals surface area (Å²) in [5.74, 6) is -0.0922. The summed E-state index contributed by atoms with van der Waals surface area (Å²) in [6.45, 7) is 2.78. The van der Waals surface area contributed by atoms with Gasteiger partial charge in [-0.05, 0) is 54.8 Å². The van der Waals surface area contributed by atoms with Gasteiger partial charge in [0, 0.05) is 17.5 Å². The van der Waals surface area contributed by atoms with Crippen LogP contribution in [0.1, 0.15) is 47.4 Å². The first kappa shape index (κ1) is 16.1. The number of aromatic nitrogens is 2. The van der Waals surface area contributed by atoms with E-state index >= 15 is 0 Å². The molecule has 128 valence electrons. The molecular formula is C20H21N3OS. The van der Waals surface area contributed by atoms with E-state index in [1.807, 2.05) is 29.1 Å². The molecule has 1 aliphatic rings. The lowest BCUT2D eigenvalue weighted by Gasteiger charge is -2.26. The van der Waals surface area contributed by atoms with E-state index in [1.165, 1.54) is 11.1 Å². The Hall–Kier alpha value is -2.40. The van der Waals surface area contributed by atoms with Crippen molar-refractivity contribution in [3.05, 3.63) is 64.0 Å². The molecule has 0 fully saturated rings. The highest BCUT2D eigenvalue weighted by molar-refractivity contribution is 7.08. The third kappa shape index (κ3) is 3.12. The molecule has 0 aliphatic heterocycles. The van der Waals surface area contributed by atoms with Gasteiger partial charge in [-0.2, -0.15) is 16.4 Å². The fraction of sp³-hybridized carbons (Fsp3) is 0.300. The van der Waals surface area contributed by atoms with Crippen molar-refractivity contribution in [2.45, 2.75) is 38.8 Å². The van der Waals surface area contributed by atoms with Crippen LogP contribution in [0.15, 0.2) is 47.2 Å². The van der Waals surface area contributed by atoms with Crippen LogP contribution in [0.5, 0.6) is 0 Å². The van der Waals surface area contributed by atoms with Crippen LogP contribution in [0.2, 0.25) is 0 Å². The molecule has 0 unspecified atom stereocenters. The minimum absolute atomic E-state index is 0.0776. The Morgan fingerprint density at radius 3 is 3.04 bits per heavy atom. The highest BCUT2D eigenvalue weighted by atomic mass is 32.1. The maximum absolute atomic E-state index is 12.8. The van der Waals surface area contributed by atoms with Crippen molar-refractivity contribution in [1.82, 2.24) is 15.1 Å². The van der Waals surface area contributed by atoms with Gasteiger partial charge in [0.05, 0.1) is 11.7 Å². The topological polar surface area (TPSA) is 46.9 Å². The number of hydrogen-bond donors (Lipinski definition) is 1. The zero-order valence-electron chi connectivity index (χ0n) is 14.2. The maximum Gasteiger partial charge on any atom is 0.272 e. The number of nitrogens with zero attached hydrogens (tertiary/aromatic N) is 2. The molecule has 2 heterocycles. The Bertz CT molecular complexity index is 882. The van der Waals surface area contributed by atoms with Crippen molar-refractivity contribution in [3.8, 4) is 11.3 Å². The van der Waals surface area contributed by atoms with E-state index in [9.17, 15) is 4.79 Å². The number of carbonyl (C=O) groups is 1. The molecule has 3 aromatic rings. The molecule has 0 saturated carbocycles. The minimum atomic E-state index is -0.0922. The number of thiophene rings is 1. The number of carbonyl (C=O) groups excluding carboxylic acids is 1. The van der Waals surface area contributed by atoms with Crippen LogP contribution in [0.3, 0.4) is 0 Å². The smallest absolute Gasteiger partial charge is 0.272 e. The van der Waals surface area contributed by atoms with Crippen molar-refractivity contribution in [3.63, 3.8) is 0 Å². The molecule has 1 aliphatic carbocycles. The van der Waals surface area contributed by atoms with E-state index in [0.717, 1.165) is 37.1 Å². The molecule has 0 spiro atoms. The van der Waals surface area contributed by atoms with Crippen LogP contribution in [-0.2, 0) is 13.0 Å². The van der Waals surface area contributed by atoms with Gasteiger partial charge >= 0.3 is 0 Å². The molecular weight excluding hydrogens is 330 g/mol. The normalized spacial score (nSPS) is 16.4. The Morgan fingerprint density at radius 1 is 1.36 bits per heavy atom. The number of rotatable bonds is 4. The monoisotopic (exact) mass is 351 g/mol. The first-order chi connectivity index (χ1) is 12.3. The largest absolute Gasteiger partial charge is 0.344 e. The number of nitrogens with one attached hydrogen (secondary N) is 1. The van der Waals surface area contributed by atoms with Crippen molar-refractivity contribution >= 4 is 17.2 Å². The van der Waals surface area contributed by atoms with Crippen LogP contribution in [0.4, 0.5) is 0 Å². The highest BCUT2D eigenvalue weighted by Gasteiger charge is 2.23. The summed E-state index contributed by atoms with van der Waals surface area (Å²) < 4.78 is 1.89. The first-order valence-electron chi connectivity index (χ1n) is 8.75. The van der Waals surface area contributed by atoms with Crippen LogP contribution >= 0.6 is 11.3 Å². The van der Waals surface area contributed by atoms with Crippen LogP contribution < -0.4 is 5.32 Å². The quantitative estimate of drug-likeness (QED) is 0.755. The molecule has 2 aromatic heterocycles. The van der Waals surface area contributed by atoms with Gasteiger partial charge in [-0.25, -0.2) is 0 Å². The second-order valence-electron chi connectivity index (χ2n) is 6.36. The molecule has 1 aromatic carbocycles. The van der Waals surface area contributed by atoms with Crippen molar-refractivity contribution in [1.29, 1.82) is 0 Å². The zero-order valence-corrected chi connectivity index (χ0v) is 15.1. The standard InChI is InChI=1S/C20H21N3OS/c1-2-23-19(15-10-11-25-13-15)12-18(22-23)20(24)21-17-9-5-7-14-6-3-4-8-16(14)17/h3-4,6,8,10-13,17H,2,5,7,9H2,1H3,(H,21,24)/t17-/m1/s1. The molecule has 1 N–H and O–H groups in total. The van der Waals surface area contributed by atoms with Crippen molar-refractivity contribution in [2.24, 2.45) is 0 Å². The number of hydrogen-bond acceptors (Lipinski definition) is 3. The molecule has 4 rings (SSSR count). The number of benzene rings is 1. The molecule has 1 amide bonds. The number of amides is 1.